The lowest BCUT2D eigenvalue weighted by Gasteiger charge is -2.34. The fourth-order valence-corrected chi connectivity index (χ4v) is 3.05. The lowest BCUT2D eigenvalue weighted by atomic mass is 9.94. The number of benzene rings is 2. The summed E-state index contributed by atoms with van der Waals surface area (Å²) in [5, 5.41) is 11.9. The number of rotatable bonds is 4. The summed E-state index contributed by atoms with van der Waals surface area (Å²) in [7, 11) is 0. The average molecular weight is 346 g/mol. The number of ether oxygens (including phenoxy) is 1. The van der Waals surface area contributed by atoms with E-state index in [4.69, 9.17) is 16.3 Å². The fourth-order valence-electron chi connectivity index (χ4n) is 2.93. The van der Waals surface area contributed by atoms with Gasteiger partial charge in [0.05, 0.1) is 6.61 Å². The van der Waals surface area contributed by atoms with Crippen molar-refractivity contribution < 1.29 is 19.4 Å². The summed E-state index contributed by atoms with van der Waals surface area (Å²) in [5.41, 5.74) is -0.499. The molecule has 5 nitrogen and oxygen atoms in total. The molecule has 0 unspecified atom stereocenters. The van der Waals surface area contributed by atoms with Gasteiger partial charge in [-0.15, -0.1) is 0 Å². The van der Waals surface area contributed by atoms with Crippen LogP contribution in [-0.4, -0.2) is 35.0 Å². The van der Waals surface area contributed by atoms with Crippen molar-refractivity contribution in [3.63, 3.8) is 0 Å². The molecular weight excluding hydrogens is 330 g/mol. The first-order valence-corrected chi connectivity index (χ1v) is 7.91. The van der Waals surface area contributed by atoms with Crippen LogP contribution in [-0.2, 0) is 15.3 Å². The van der Waals surface area contributed by atoms with Gasteiger partial charge in [0.25, 0.3) is 5.91 Å². The van der Waals surface area contributed by atoms with E-state index in [1.54, 1.807) is 55.5 Å². The molecule has 0 aromatic heterocycles. The molecule has 0 fully saturated rings. The van der Waals surface area contributed by atoms with Gasteiger partial charge >= 0.3 is 5.97 Å². The van der Waals surface area contributed by atoms with Gasteiger partial charge in [-0.05, 0) is 25.1 Å². The molecule has 24 heavy (non-hydrogen) atoms. The monoisotopic (exact) mass is 345 g/mol. The number of nitrogens with zero attached hydrogens (tertiary/aromatic N) is 1. The molecule has 2 aromatic rings. The summed E-state index contributed by atoms with van der Waals surface area (Å²) in [5.74, 6) is -0.998. The number of carbonyl (C=O) groups excluding carboxylic acids is 2. The van der Waals surface area contributed by atoms with Crippen molar-refractivity contribution in [3.05, 3.63) is 70.2 Å². The molecule has 1 aliphatic rings. The highest BCUT2D eigenvalue weighted by Gasteiger charge is 2.50. The Morgan fingerprint density at radius 3 is 2.54 bits per heavy atom. The number of carbonyl (C=O) groups is 2. The molecule has 0 bridgehead atoms. The minimum atomic E-state index is -1.75. The van der Waals surface area contributed by atoms with Crippen LogP contribution in [0, 0.1) is 0 Å². The van der Waals surface area contributed by atoms with Gasteiger partial charge in [-0.3, -0.25) is 14.5 Å². The smallest absolute Gasteiger partial charge is 0.325 e. The quantitative estimate of drug-likeness (QED) is 0.865. The molecule has 1 atom stereocenters. The topological polar surface area (TPSA) is 66.8 Å². The van der Waals surface area contributed by atoms with Gasteiger partial charge in [-0.1, -0.05) is 41.9 Å². The number of halogens is 1. The van der Waals surface area contributed by atoms with Gasteiger partial charge in [0.2, 0.25) is 0 Å². The molecular formula is C18H16ClNO4. The largest absolute Gasteiger partial charge is 0.465 e. The van der Waals surface area contributed by atoms with Gasteiger partial charge in [0.1, 0.15) is 6.54 Å². The molecule has 124 valence electrons. The Balaban J connectivity index is 2.11. The van der Waals surface area contributed by atoms with Gasteiger partial charge in [-0.25, -0.2) is 0 Å². The van der Waals surface area contributed by atoms with Crippen molar-refractivity contribution in [2.75, 3.05) is 13.2 Å². The number of hydrogen-bond donors (Lipinski definition) is 1. The SMILES string of the molecule is CCOC(=O)CN1C(=O)c2ccccc2[C@]1(O)c1ccc(Cl)cc1. The van der Waals surface area contributed by atoms with Crippen LogP contribution in [0.3, 0.4) is 0 Å². The van der Waals surface area contributed by atoms with E-state index < -0.39 is 17.6 Å². The van der Waals surface area contributed by atoms with Crippen LogP contribution in [0.5, 0.6) is 0 Å². The lowest BCUT2D eigenvalue weighted by Crippen LogP contribution is -2.47. The van der Waals surface area contributed by atoms with Gasteiger partial charge in [0.15, 0.2) is 5.72 Å². The fraction of sp³-hybridized carbons (Fsp3) is 0.222. The zero-order chi connectivity index (χ0) is 17.3. The predicted octanol–water partition coefficient (Wildman–Crippen LogP) is 2.55. The Morgan fingerprint density at radius 1 is 1.21 bits per heavy atom. The van der Waals surface area contributed by atoms with E-state index in [1.165, 1.54) is 0 Å². The summed E-state index contributed by atoms with van der Waals surface area (Å²) in [6.07, 6.45) is 0. The second kappa shape index (κ2) is 6.26. The molecule has 1 amide bonds. The zero-order valence-corrected chi connectivity index (χ0v) is 13.8. The average Bonchev–Trinajstić information content (AvgIpc) is 2.79. The summed E-state index contributed by atoms with van der Waals surface area (Å²) in [6, 6.07) is 13.3. The highest BCUT2D eigenvalue weighted by Crippen LogP contribution is 2.42. The van der Waals surface area contributed by atoms with Crippen LogP contribution >= 0.6 is 11.6 Å². The maximum atomic E-state index is 12.7. The third kappa shape index (κ3) is 2.56. The number of fused-ring (bicyclic) bond motifs is 1. The number of aliphatic hydroxyl groups is 1. The van der Waals surface area contributed by atoms with E-state index in [9.17, 15) is 14.7 Å². The van der Waals surface area contributed by atoms with Crippen LogP contribution in [0.1, 0.15) is 28.4 Å². The molecule has 1 heterocycles. The van der Waals surface area contributed by atoms with E-state index in [0.29, 0.717) is 21.7 Å². The van der Waals surface area contributed by atoms with E-state index >= 15 is 0 Å². The van der Waals surface area contributed by atoms with Gasteiger partial charge in [-0.2, -0.15) is 0 Å². The molecule has 6 heteroatoms. The first-order valence-electron chi connectivity index (χ1n) is 7.54. The van der Waals surface area contributed by atoms with Crippen LogP contribution < -0.4 is 0 Å². The molecule has 1 aliphatic heterocycles. The first kappa shape index (κ1) is 16.5. The molecule has 0 aliphatic carbocycles. The summed E-state index contributed by atoms with van der Waals surface area (Å²) < 4.78 is 4.93. The highest BCUT2D eigenvalue weighted by molar-refractivity contribution is 6.30. The van der Waals surface area contributed by atoms with E-state index in [-0.39, 0.29) is 13.2 Å². The second-order valence-electron chi connectivity index (χ2n) is 5.42. The van der Waals surface area contributed by atoms with Gasteiger partial charge < -0.3 is 9.84 Å². The molecule has 2 aromatic carbocycles. The van der Waals surface area contributed by atoms with E-state index in [0.717, 1.165) is 4.90 Å². The zero-order valence-electron chi connectivity index (χ0n) is 13.0. The summed E-state index contributed by atoms with van der Waals surface area (Å²) in [6.45, 7) is 1.54. The van der Waals surface area contributed by atoms with Crippen LogP contribution in [0.4, 0.5) is 0 Å². The molecule has 0 saturated heterocycles. The van der Waals surface area contributed by atoms with E-state index in [1.807, 2.05) is 0 Å². The van der Waals surface area contributed by atoms with Crippen LogP contribution in [0.25, 0.3) is 0 Å². The van der Waals surface area contributed by atoms with Crippen molar-refractivity contribution in [3.8, 4) is 0 Å². The Hall–Kier alpha value is -2.37. The minimum absolute atomic E-state index is 0.202. The molecule has 0 spiro atoms. The Kier molecular flexibility index (Phi) is 4.30. The standard InChI is InChI=1S/C18H16ClNO4/c1-2-24-16(21)11-20-17(22)14-5-3-4-6-15(14)18(20,23)12-7-9-13(19)10-8-12/h3-10,23H,2,11H2,1H3/t18-/m1/s1. The maximum Gasteiger partial charge on any atom is 0.325 e. The highest BCUT2D eigenvalue weighted by atomic mass is 35.5. The normalized spacial score (nSPS) is 19.3. The second-order valence-corrected chi connectivity index (χ2v) is 5.86. The third-order valence-corrected chi connectivity index (χ3v) is 4.26. The summed E-state index contributed by atoms with van der Waals surface area (Å²) >= 11 is 5.92. The Bertz CT molecular complexity index is 790. The molecule has 0 radical (unpaired) electrons. The van der Waals surface area contributed by atoms with Crippen molar-refractivity contribution >= 4 is 23.5 Å². The van der Waals surface area contributed by atoms with Crippen LogP contribution in [0.2, 0.25) is 5.02 Å². The van der Waals surface area contributed by atoms with E-state index in [2.05, 4.69) is 0 Å². The third-order valence-electron chi connectivity index (χ3n) is 4.01. The van der Waals surface area contributed by atoms with Crippen molar-refractivity contribution in [2.45, 2.75) is 12.6 Å². The molecule has 0 saturated carbocycles. The summed E-state index contributed by atoms with van der Waals surface area (Å²) in [4.78, 5) is 25.8. The Labute approximate surface area is 144 Å². The molecule has 1 N–H and O–H groups in total. The maximum absolute atomic E-state index is 12.7. The van der Waals surface area contributed by atoms with Crippen molar-refractivity contribution in [1.82, 2.24) is 4.90 Å². The predicted molar refractivity (Wildman–Crippen MR) is 88.6 cm³/mol. The van der Waals surface area contributed by atoms with Crippen LogP contribution in [0.15, 0.2) is 48.5 Å². The van der Waals surface area contributed by atoms with Gasteiger partial charge in [0, 0.05) is 21.7 Å². The number of hydrogen-bond acceptors (Lipinski definition) is 4. The molecule has 3 rings (SSSR count). The minimum Gasteiger partial charge on any atom is -0.465 e. The lowest BCUT2D eigenvalue weighted by molar-refractivity contribution is -0.148. The first-order chi connectivity index (χ1) is 11.5. The number of esters is 1. The van der Waals surface area contributed by atoms with Crippen molar-refractivity contribution in [1.29, 1.82) is 0 Å². The number of amides is 1. The van der Waals surface area contributed by atoms with Crippen molar-refractivity contribution in [2.24, 2.45) is 0 Å². The Morgan fingerprint density at radius 2 is 1.88 bits per heavy atom.